The molecule has 1 fully saturated rings. The lowest BCUT2D eigenvalue weighted by atomic mass is 9.82. The van der Waals surface area contributed by atoms with Crippen molar-refractivity contribution in [2.24, 2.45) is 0 Å². The highest BCUT2D eigenvalue weighted by Crippen LogP contribution is 2.36. The van der Waals surface area contributed by atoms with Gasteiger partial charge in [-0.1, -0.05) is 24.3 Å². The Balaban J connectivity index is 1.55. The Morgan fingerprint density at radius 1 is 0.893 bits per heavy atom. The molecule has 1 saturated carbocycles. The minimum absolute atomic E-state index is 0.0158. The van der Waals surface area contributed by atoms with Crippen molar-refractivity contribution >= 4 is 0 Å². The average molecular weight is 392 g/mol. The summed E-state index contributed by atoms with van der Waals surface area (Å²) in [5, 5.41) is 0. The summed E-state index contributed by atoms with van der Waals surface area (Å²) in [5.74, 6) is -1.84. The van der Waals surface area contributed by atoms with E-state index in [0.29, 0.717) is 17.7 Å². The van der Waals surface area contributed by atoms with Gasteiger partial charge < -0.3 is 9.47 Å². The number of hydrogen-bond acceptors (Lipinski definition) is 2. The molecule has 28 heavy (non-hydrogen) atoms. The fourth-order valence-electron chi connectivity index (χ4n) is 3.76. The Bertz CT molecular complexity index is 799. The molecule has 0 N–H and O–H groups in total. The van der Waals surface area contributed by atoms with Crippen LogP contribution < -0.4 is 0 Å². The van der Waals surface area contributed by atoms with Crippen molar-refractivity contribution in [2.75, 3.05) is 6.61 Å². The smallest absolute Gasteiger partial charge is 0.164 e. The Morgan fingerprint density at radius 2 is 1.61 bits per heavy atom. The van der Waals surface area contributed by atoms with E-state index in [1.807, 2.05) is 19.9 Å². The van der Waals surface area contributed by atoms with Gasteiger partial charge in [0.15, 0.2) is 11.6 Å². The van der Waals surface area contributed by atoms with E-state index in [1.165, 1.54) is 6.07 Å². The monoisotopic (exact) mass is 392 g/mol. The molecule has 0 amide bonds. The Hall–Kier alpha value is -1.85. The van der Waals surface area contributed by atoms with Crippen LogP contribution in [0.2, 0.25) is 0 Å². The van der Waals surface area contributed by atoms with Gasteiger partial charge in [-0.05, 0) is 62.6 Å². The normalized spacial score (nSPS) is 19.8. The third-order valence-corrected chi connectivity index (χ3v) is 5.45. The zero-order valence-electron chi connectivity index (χ0n) is 16.4. The first-order chi connectivity index (χ1) is 13.5. The fourth-order valence-corrected chi connectivity index (χ4v) is 3.76. The second kappa shape index (κ2) is 9.57. The lowest BCUT2D eigenvalue weighted by molar-refractivity contribution is 0.0118. The molecular weight excluding hydrogens is 365 g/mol. The number of hydrogen-bond donors (Lipinski definition) is 0. The zero-order chi connectivity index (χ0) is 20.1. The van der Waals surface area contributed by atoms with Gasteiger partial charge in [0.05, 0.1) is 19.3 Å². The molecular formula is C23H27F3O2. The second-order valence-electron chi connectivity index (χ2n) is 7.46. The molecule has 2 aromatic rings. The van der Waals surface area contributed by atoms with Gasteiger partial charge in [-0.15, -0.1) is 0 Å². The molecule has 0 radical (unpaired) electrons. The van der Waals surface area contributed by atoms with Gasteiger partial charge >= 0.3 is 0 Å². The molecule has 0 aromatic heterocycles. The van der Waals surface area contributed by atoms with Crippen LogP contribution >= 0.6 is 0 Å². The van der Waals surface area contributed by atoms with E-state index in [9.17, 15) is 13.2 Å². The van der Waals surface area contributed by atoms with Crippen molar-refractivity contribution < 1.29 is 22.6 Å². The molecule has 0 bridgehead atoms. The van der Waals surface area contributed by atoms with Crippen molar-refractivity contribution in [1.29, 1.82) is 0 Å². The van der Waals surface area contributed by atoms with Gasteiger partial charge in [0.2, 0.25) is 0 Å². The predicted octanol–water partition coefficient (Wildman–Crippen LogP) is 6.19. The fraction of sp³-hybridized carbons (Fsp3) is 0.478. The largest absolute Gasteiger partial charge is 0.377 e. The Kier molecular flexibility index (Phi) is 7.13. The lowest BCUT2D eigenvalue weighted by Gasteiger charge is -2.29. The van der Waals surface area contributed by atoms with Crippen LogP contribution in [0.25, 0.3) is 0 Å². The Morgan fingerprint density at radius 3 is 2.29 bits per heavy atom. The molecule has 1 aliphatic carbocycles. The highest BCUT2D eigenvalue weighted by Gasteiger charge is 2.27. The molecule has 3 rings (SSSR count). The molecule has 2 nitrogen and oxygen atoms in total. The third kappa shape index (κ3) is 4.95. The number of ether oxygens (including phenoxy) is 2. The first-order valence-electron chi connectivity index (χ1n) is 9.90. The molecule has 5 heteroatoms. The minimum Gasteiger partial charge on any atom is -0.377 e. The standard InChI is InChI=1S/C23H27F3O2/c1-3-27-13-18-8-11-20(23(26)22(18)25)16-6-9-19(10-7-16)28-14-17-5-4-15(2)12-21(17)24/h4-5,8,11-12,16,19H,3,6-7,9-10,13-14H2,1-2H3. The lowest BCUT2D eigenvalue weighted by Crippen LogP contribution is -2.21. The number of rotatable bonds is 7. The van der Waals surface area contributed by atoms with Crippen LogP contribution in [0.4, 0.5) is 13.2 Å². The maximum absolute atomic E-state index is 14.5. The number of halogens is 3. The topological polar surface area (TPSA) is 18.5 Å². The van der Waals surface area contributed by atoms with Crippen molar-refractivity contribution in [2.45, 2.75) is 64.8 Å². The molecule has 2 aromatic carbocycles. The van der Waals surface area contributed by atoms with E-state index in [4.69, 9.17) is 9.47 Å². The molecule has 0 heterocycles. The van der Waals surface area contributed by atoms with Crippen molar-refractivity contribution in [1.82, 2.24) is 0 Å². The summed E-state index contributed by atoms with van der Waals surface area (Å²) in [5.41, 5.74) is 2.11. The molecule has 0 aliphatic heterocycles. The summed E-state index contributed by atoms with van der Waals surface area (Å²) >= 11 is 0. The van der Waals surface area contributed by atoms with E-state index < -0.39 is 11.6 Å². The molecule has 0 spiro atoms. The summed E-state index contributed by atoms with van der Waals surface area (Å²) in [6, 6.07) is 8.41. The summed E-state index contributed by atoms with van der Waals surface area (Å²) in [6.45, 7) is 4.43. The second-order valence-corrected chi connectivity index (χ2v) is 7.46. The maximum Gasteiger partial charge on any atom is 0.164 e. The van der Waals surface area contributed by atoms with Crippen LogP contribution in [0.1, 0.15) is 60.8 Å². The average Bonchev–Trinajstić information content (AvgIpc) is 2.69. The quantitative estimate of drug-likeness (QED) is 0.559. The van der Waals surface area contributed by atoms with E-state index in [-0.39, 0.29) is 36.6 Å². The summed E-state index contributed by atoms with van der Waals surface area (Å²) in [4.78, 5) is 0. The summed E-state index contributed by atoms with van der Waals surface area (Å²) < 4.78 is 53.8. The van der Waals surface area contributed by atoms with Gasteiger partial charge in [-0.25, -0.2) is 13.2 Å². The van der Waals surface area contributed by atoms with E-state index >= 15 is 0 Å². The zero-order valence-corrected chi connectivity index (χ0v) is 16.4. The number of aryl methyl sites for hydroxylation is 1. The van der Waals surface area contributed by atoms with Crippen LogP contribution in [0, 0.1) is 24.4 Å². The SMILES string of the molecule is CCOCc1ccc(C2CCC(OCc3ccc(C)cc3F)CC2)c(F)c1F. The van der Waals surface area contributed by atoms with E-state index in [1.54, 1.807) is 18.2 Å². The molecule has 1 aliphatic rings. The van der Waals surface area contributed by atoms with E-state index in [2.05, 4.69) is 0 Å². The summed E-state index contributed by atoms with van der Waals surface area (Å²) in [7, 11) is 0. The van der Waals surface area contributed by atoms with Gasteiger partial charge in [0.25, 0.3) is 0 Å². The van der Waals surface area contributed by atoms with Crippen LogP contribution in [-0.2, 0) is 22.7 Å². The van der Waals surface area contributed by atoms with Crippen molar-refractivity contribution in [3.63, 3.8) is 0 Å². The predicted molar refractivity (Wildman–Crippen MR) is 103 cm³/mol. The van der Waals surface area contributed by atoms with Gasteiger partial charge in [0.1, 0.15) is 5.82 Å². The van der Waals surface area contributed by atoms with Crippen LogP contribution in [0.3, 0.4) is 0 Å². The van der Waals surface area contributed by atoms with Crippen molar-refractivity contribution in [3.8, 4) is 0 Å². The van der Waals surface area contributed by atoms with Gasteiger partial charge in [0, 0.05) is 17.7 Å². The molecule has 0 atom stereocenters. The highest BCUT2D eigenvalue weighted by atomic mass is 19.2. The van der Waals surface area contributed by atoms with Crippen LogP contribution in [0.15, 0.2) is 30.3 Å². The van der Waals surface area contributed by atoms with Crippen molar-refractivity contribution in [3.05, 3.63) is 70.0 Å². The minimum atomic E-state index is -0.806. The maximum atomic E-state index is 14.5. The molecule has 0 unspecified atom stereocenters. The molecule has 0 saturated heterocycles. The summed E-state index contributed by atoms with van der Waals surface area (Å²) in [6.07, 6.45) is 2.96. The van der Waals surface area contributed by atoms with Gasteiger partial charge in [-0.3, -0.25) is 0 Å². The Labute approximate surface area is 164 Å². The van der Waals surface area contributed by atoms with Crippen LogP contribution in [-0.4, -0.2) is 12.7 Å². The number of benzene rings is 2. The first kappa shape index (κ1) is 20.9. The highest BCUT2D eigenvalue weighted by molar-refractivity contribution is 5.29. The first-order valence-corrected chi connectivity index (χ1v) is 9.90. The molecule has 152 valence electrons. The van der Waals surface area contributed by atoms with Gasteiger partial charge in [-0.2, -0.15) is 0 Å². The third-order valence-electron chi connectivity index (χ3n) is 5.45. The van der Waals surface area contributed by atoms with E-state index in [0.717, 1.165) is 31.2 Å². The van der Waals surface area contributed by atoms with Crippen LogP contribution in [0.5, 0.6) is 0 Å².